The molecule has 19 heavy (non-hydrogen) atoms. The van der Waals surface area contributed by atoms with Gasteiger partial charge < -0.3 is 19.9 Å². The van der Waals surface area contributed by atoms with E-state index in [1.165, 1.54) is 12.8 Å². The van der Waals surface area contributed by atoms with Gasteiger partial charge in [-0.2, -0.15) is 0 Å². The Morgan fingerprint density at radius 3 is 2.79 bits per heavy atom. The van der Waals surface area contributed by atoms with Crippen LogP contribution in [-0.2, 0) is 0 Å². The van der Waals surface area contributed by atoms with Gasteiger partial charge in [-0.3, -0.25) is 0 Å². The highest BCUT2D eigenvalue weighted by atomic mass is 16.5. The fourth-order valence-electron chi connectivity index (χ4n) is 2.69. The normalized spacial score (nSPS) is 21.5. The molecule has 1 heterocycles. The van der Waals surface area contributed by atoms with Crippen molar-refractivity contribution >= 4 is 0 Å². The minimum absolute atomic E-state index is 0.0866. The molecule has 1 aliphatic rings. The maximum absolute atomic E-state index is 10.6. The molecule has 4 heteroatoms. The smallest absolute Gasteiger partial charge is 0.166 e. The zero-order valence-corrected chi connectivity index (χ0v) is 11.7. The van der Waals surface area contributed by atoms with Crippen molar-refractivity contribution in [3.05, 3.63) is 23.8 Å². The van der Waals surface area contributed by atoms with Crippen LogP contribution < -0.4 is 14.8 Å². The van der Waals surface area contributed by atoms with Gasteiger partial charge in [-0.15, -0.1) is 0 Å². The van der Waals surface area contributed by atoms with E-state index in [0.29, 0.717) is 11.5 Å². The fourth-order valence-corrected chi connectivity index (χ4v) is 2.69. The molecule has 0 bridgehead atoms. The van der Waals surface area contributed by atoms with Crippen molar-refractivity contribution < 1.29 is 14.6 Å². The minimum Gasteiger partial charge on any atom is -0.493 e. The molecular weight excluding hydrogens is 242 g/mol. The number of rotatable bonds is 4. The van der Waals surface area contributed by atoms with Gasteiger partial charge in [-0.25, -0.2) is 0 Å². The van der Waals surface area contributed by atoms with E-state index < -0.39 is 6.10 Å². The molecule has 1 aromatic carbocycles. The molecule has 0 amide bonds. The quantitative estimate of drug-likeness (QED) is 0.877. The molecule has 2 rings (SSSR count). The summed E-state index contributed by atoms with van der Waals surface area (Å²) in [4.78, 5) is 0. The predicted molar refractivity (Wildman–Crippen MR) is 74.8 cm³/mol. The van der Waals surface area contributed by atoms with Gasteiger partial charge in [0.15, 0.2) is 11.5 Å². The third-order valence-corrected chi connectivity index (χ3v) is 3.73. The molecule has 1 aliphatic heterocycles. The lowest BCUT2D eigenvalue weighted by Crippen LogP contribution is -2.34. The van der Waals surface area contributed by atoms with Gasteiger partial charge >= 0.3 is 0 Å². The number of nitrogens with one attached hydrogen (secondary N) is 1. The molecule has 1 saturated heterocycles. The monoisotopic (exact) mass is 265 g/mol. The molecule has 0 saturated carbocycles. The van der Waals surface area contributed by atoms with Crippen LogP contribution in [-0.4, -0.2) is 31.9 Å². The highest BCUT2D eigenvalue weighted by molar-refractivity contribution is 5.48. The molecule has 0 radical (unpaired) electrons. The Morgan fingerprint density at radius 2 is 2.05 bits per heavy atom. The minimum atomic E-state index is -0.567. The SMILES string of the molecule is COc1cccc(C(O)C2CCCCCN2)c1OC. The van der Waals surface area contributed by atoms with Crippen LogP contribution in [0.1, 0.15) is 37.4 Å². The average Bonchev–Trinajstić information content (AvgIpc) is 2.74. The standard InChI is InChI=1S/C15H23NO3/c1-18-13-9-6-7-11(15(13)19-2)14(17)12-8-4-3-5-10-16-12/h6-7,9,12,14,16-17H,3-5,8,10H2,1-2H3. The Hall–Kier alpha value is -1.26. The summed E-state index contributed by atoms with van der Waals surface area (Å²) < 4.78 is 10.7. The maximum Gasteiger partial charge on any atom is 0.166 e. The van der Waals surface area contributed by atoms with Crippen LogP contribution in [0.2, 0.25) is 0 Å². The van der Waals surface area contributed by atoms with Crippen LogP contribution >= 0.6 is 0 Å². The van der Waals surface area contributed by atoms with E-state index in [4.69, 9.17) is 9.47 Å². The lowest BCUT2D eigenvalue weighted by molar-refractivity contribution is 0.122. The average molecular weight is 265 g/mol. The number of aliphatic hydroxyl groups excluding tert-OH is 1. The van der Waals surface area contributed by atoms with E-state index in [9.17, 15) is 5.11 Å². The first-order valence-electron chi connectivity index (χ1n) is 6.90. The Morgan fingerprint density at radius 1 is 1.21 bits per heavy atom. The Bertz CT molecular complexity index is 400. The van der Waals surface area contributed by atoms with Gasteiger partial charge in [0.2, 0.25) is 0 Å². The summed E-state index contributed by atoms with van der Waals surface area (Å²) in [7, 11) is 3.21. The van der Waals surface area contributed by atoms with Crippen molar-refractivity contribution in [2.75, 3.05) is 20.8 Å². The van der Waals surface area contributed by atoms with Gasteiger partial charge in [0.25, 0.3) is 0 Å². The summed E-state index contributed by atoms with van der Waals surface area (Å²) in [6.07, 6.45) is 3.98. The summed E-state index contributed by atoms with van der Waals surface area (Å²) in [5.41, 5.74) is 0.793. The zero-order chi connectivity index (χ0) is 13.7. The third-order valence-electron chi connectivity index (χ3n) is 3.73. The fraction of sp³-hybridized carbons (Fsp3) is 0.600. The van der Waals surface area contributed by atoms with Crippen molar-refractivity contribution in [1.29, 1.82) is 0 Å². The van der Waals surface area contributed by atoms with Crippen molar-refractivity contribution in [2.24, 2.45) is 0 Å². The molecule has 2 atom stereocenters. The molecular formula is C15H23NO3. The third kappa shape index (κ3) is 3.19. The van der Waals surface area contributed by atoms with Crippen LogP contribution in [0.15, 0.2) is 18.2 Å². The zero-order valence-electron chi connectivity index (χ0n) is 11.7. The number of ether oxygens (including phenoxy) is 2. The van der Waals surface area contributed by atoms with Crippen LogP contribution in [0.5, 0.6) is 11.5 Å². The number of benzene rings is 1. The molecule has 1 fully saturated rings. The van der Waals surface area contributed by atoms with Gasteiger partial charge in [0, 0.05) is 11.6 Å². The van der Waals surface area contributed by atoms with E-state index in [0.717, 1.165) is 24.9 Å². The van der Waals surface area contributed by atoms with Crippen LogP contribution in [0.25, 0.3) is 0 Å². The number of methoxy groups -OCH3 is 2. The second kappa shape index (κ2) is 6.78. The van der Waals surface area contributed by atoms with E-state index in [2.05, 4.69) is 5.32 Å². The Kier molecular flexibility index (Phi) is 5.05. The van der Waals surface area contributed by atoms with E-state index in [1.807, 2.05) is 18.2 Å². The highest BCUT2D eigenvalue weighted by Crippen LogP contribution is 2.36. The van der Waals surface area contributed by atoms with Crippen molar-refractivity contribution in [2.45, 2.75) is 37.8 Å². The molecule has 0 spiro atoms. The lowest BCUT2D eigenvalue weighted by Gasteiger charge is -2.24. The van der Waals surface area contributed by atoms with E-state index in [1.54, 1.807) is 14.2 Å². The van der Waals surface area contributed by atoms with Crippen molar-refractivity contribution in [1.82, 2.24) is 5.32 Å². The highest BCUT2D eigenvalue weighted by Gasteiger charge is 2.25. The number of hydrogen-bond acceptors (Lipinski definition) is 4. The second-order valence-corrected chi connectivity index (χ2v) is 4.94. The molecule has 106 valence electrons. The number of aliphatic hydroxyl groups is 1. The second-order valence-electron chi connectivity index (χ2n) is 4.94. The first-order valence-corrected chi connectivity index (χ1v) is 6.90. The van der Waals surface area contributed by atoms with Gasteiger partial charge in [-0.1, -0.05) is 25.0 Å². The van der Waals surface area contributed by atoms with Crippen molar-refractivity contribution in [3.63, 3.8) is 0 Å². The van der Waals surface area contributed by atoms with Crippen molar-refractivity contribution in [3.8, 4) is 11.5 Å². The first kappa shape index (κ1) is 14.2. The number of hydrogen-bond donors (Lipinski definition) is 2. The molecule has 2 N–H and O–H groups in total. The largest absolute Gasteiger partial charge is 0.493 e. The van der Waals surface area contributed by atoms with Crippen LogP contribution in [0.3, 0.4) is 0 Å². The molecule has 2 unspecified atom stereocenters. The summed E-state index contributed by atoms with van der Waals surface area (Å²) in [6.45, 7) is 0.966. The van der Waals surface area contributed by atoms with Gasteiger partial charge in [0.05, 0.1) is 20.3 Å². The summed E-state index contributed by atoms with van der Waals surface area (Å²) in [5, 5.41) is 14.0. The molecule has 0 aromatic heterocycles. The summed E-state index contributed by atoms with van der Waals surface area (Å²) in [6, 6.07) is 5.72. The van der Waals surface area contributed by atoms with Crippen LogP contribution in [0.4, 0.5) is 0 Å². The Balaban J connectivity index is 2.24. The number of para-hydroxylation sites is 1. The molecule has 1 aromatic rings. The topological polar surface area (TPSA) is 50.7 Å². The summed E-state index contributed by atoms with van der Waals surface area (Å²) in [5.74, 6) is 1.29. The molecule has 0 aliphatic carbocycles. The van der Waals surface area contributed by atoms with Gasteiger partial charge in [0.1, 0.15) is 0 Å². The van der Waals surface area contributed by atoms with Gasteiger partial charge in [-0.05, 0) is 25.5 Å². The van der Waals surface area contributed by atoms with E-state index in [-0.39, 0.29) is 6.04 Å². The Labute approximate surface area is 114 Å². The first-order chi connectivity index (χ1) is 9.27. The summed E-state index contributed by atoms with van der Waals surface area (Å²) >= 11 is 0. The predicted octanol–water partition coefficient (Wildman–Crippen LogP) is 2.27. The van der Waals surface area contributed by atoms with Crippen LogP contribution in [0, 0.1) is 0 Å². The lowest BCUT2D eigenvalue weighted by atomic mass is 9.97. The molecule has 4 nitrogen and oxygen atoms in total. The maximum atomic E-state index is 10.6. The van der Waals surface area contributed by atoms with E-state index >= 15 is 0 Å².